The van der Waals surface area contributed by atoms with Crippen molar-refractivity contribution < 1.29 is 15.0 Å². The lowest BCUT2D eigenvalue weighted by Gasteiger charge is -2.64. The number of aliphatic hydroxyl groups is 1. The molecule has 2 N–H and O–H groups in total. The molecule has 3 nitrogen and oxygen atoms in total. The number of aliphatic hydroxyl groups excluding tert-OH is 1. The van der Waals surface area contributed by atoms with E-state index in [1.54, 1.807) is 12.5 Å². The molecule has 186 valence electrons. The average Bonchev–Trinajstić information content (AvgIpc) is 3.02. The summed E-state index contributed by atoms with van der Waals surface area (Å²) in [4.78, 5) is 11.1. The molecule has 4 rings (SSSR count). The first-order chi connectivity index (χ1) is 15.3. The molecule has 0 aromatic heterocycles. The number of allylic oxidation sites excluding steroid dienone is 3. The number of fused-ring (bicyclic) bond motifs is 5. The number of rotatable bonds is 5. The Morgan fingerprint density at radius 1 is 1.12 bits per heavy atom. The van der Waals surface area contributed by atoms with E-state index < -0.39 is 5.97 Å². The molecule has 0 bridgehead atoms. The average molecular weight is 457 g/mol. The molecule has 33 heavy (non-hydrogen) atoms. The van der Waals surface area contributed by atoms with Crippen LogP contribution in [0.25, 0.3) is 0 Å². The maximum Gasteiger partial charge on any atom is 0.330 e. The molecular formula is C30H48O3. The summed E-state index contributed by atoms with van der Waals surface area (Å²) in [6.07, 6.45) is 14.7. The van der Waals surface area contributed by atoms with Gasteiger partial charge in [0.2, 0.25) is 0 Å². The Labute approximate surface area is 202 Å². The summed E-state index contributed by atoms with van der Waals surface area (Å²) in [6.45, 7) is 16.5. The fourth-order valence-electron chi connectivity index (χ4n) is 9.50. The molecule has 3 heteroatoms. The number of carboxylic acids is 1. The van der Waals surface area contributed by atoms with Crippen LogP contribution in [-0.2, 0) is 4.79 Å². The summed E-state index contributed by atoms with van der Waals surface area (Å²) in [5, 5.41) is 20.0. The predicted molar refractivity (Wildman–Crippen MR) is 135 cm³/mol. The van der Waals surface area contributed by atoms with Gasteiger partial charge < -0.3 is 10.2 Å². The molecule has 0 spiro atoms. The number of hydrogen-bond acceptors (Lipinski definition) is 2. The van der Waals surface area contributed by atoms with E-state index in [0.717, 1.165) is 32.1 Å². The lowest BCUT2D eigenvalue weighted by atomic mass is 9.41. The van der Waals surface area contributed by atoms with Crippen LogP contribution in [0.1, 0.15) is 106 Å². The molecular weight excluding hydrogens is 408 g/mol. The van der Waals surface area contributed by atoms with Gasteiger partial charge >= 0.3 is 5.97 Å². The van der Waals surface area contributed by atoms with Crippen LogP contribution < -0.4 is 0 Å². The minimum atomic E-state index is -0.796. The summed E-state index contributed by atoms with van der Waals surface area (Å²) < 4.78 is 0. The lowest BCUT2D eigenvalue weighted by molar-refractivity contribution is -0.132. The second kappa shape index (κ2) is 8.25. The van der Waals surface area contributed by atoms with Crippen molar-refractivity contribution >= 4 is 5.97 Å². The largest absolute Gasteiger partial charge is 0.478 e. The summed E-state index contributed by atoms with van der Waals surface area (Å²) in [7, 11) is 0. The van der Waals surface area contributed by atoms with Crippen LogP contribution in [-0.4, -0.2) is 22.3 Å². The molecule has 0 saturated heterocycles. The summed E-state index contributed by atoms with van der Waals surface area (Å²) in [6, 6.07) is 0. The van der Waals surface area contributed by atoms with E-state index in [2.05, 4.69) is 47.6 Å². The molecule has 0 radical (unpaired) electrons. The third kappa shape index (κ3) is 3.58. The number of aliphatic carboxylic acids is 1. The van der Waals surface area contributed by atoms with Gasteiger partial charge in [0.1, 0.15) is 0 Å². The normalized spacial score (nSPS) is 45.5. The molecule has 8 atom stereocenters. The molecule has 0 aromatic rings. The van der Waals surface area contributed by atoms with E-state index >= 15 is 0 Å². The molecule has 0 aliphatic heterocycles. The van der Waals surface area contributed by atoms with E-state index in [9.17, 15) is 9.90 Å². The predicted octanol–water partition coefficient (Wildman–Crippen LogP) is 7.40. The van der Waals surface area contributed by atoms with Crippen molar-refractivity contribution in [1.29, 1.82) is 0 Å². The fraction of sp³-hybridized carbons (Fsp3) is 0.833. The van der Waals surface area contributed by atoms with E-state index in [0.29, 0.717) is 40.1 Å². The highest BCUT2D eigenvalue weighted by Crippen LogP contribution is 2.73. The van der Waals surface area contributed by atoms with Crippen LogP contribution in [0, 0.1) is 45.3 Å². The van der Waals surface area contributed by atoms with Gasteiger partial charge in [-0.05, 0) is 110 Å². The Morgan fingerprint density at radius 3 is 2.48 bits per heavy atom. The topological polar surface area (TPSA) is 57.5 Å². The van der Waals surface area contributed by atoms with E-state index in [4.69, 9.17) is 5.11 Å². The van der Waals surface area contributed by atoms with E-state index in [1.807, 2.05) is 6.08 Å². The second-order valence-corrected chi connectivity index (χ2v) is 13.6. The Balaban J connectivity index is 1.58. The van der Waals surface area contributed by atoms with Crippen molar-refractivity contribution in [2.24, 2.45) is 45.3 Å². The van der Waals surface area contributed by atoms with Crippen LogP contribution in [0.5, 0.6) is 0 Å². The summed E-state index contributed by atoms with van der Waals surface area (Å²) >= 11 is 0. The van der Waals surface area contributed by atoms with Gasteiger partial charge in [-0.15, -0.1) is 0 Å². The van der Waals surface area contributed by atoms with Crippen LogP contribution >= 0.6 is 0 Å². The van der Waals surface area contributed by atoms with E-state index in [1.165, 1.54) is 25.7 Å². The fourth-order valence-corrected chi connectivity index (χ4v) is 9.50. The third-order valence-electron chi connectivity index (χ3n) is 12.0. The summed E-state index contributed by atoms with van der Waals surface area (Å²) in [5.74, 6) is 1.75. The van der Waals surface area contributed by atoms with Crippen molar-refractivity contribution in [2.45, 2.75) is 112 Å². The quantitative estimate of drug-likeness (QED) is 0.335. The molecule has 4 aliphatic carbocycles. The zero-order valence-corrected chi connectivity index (χ0v) is 22.2. The zero-order valence-electron chi connectivity index (χ0n) is 22.2. The highest BCUT2D eigenvalue weighted by atomic mass is 16.4. The Hall–Kier alpha value is -1.09. The zero-order chi connectivity index (χ0) is 24.4. The molecule has 0 amide bonds. The van der Waals surface area contributed by atoms with Gasteiger partial charge in [0.15, 0.2) is 0 Å². The Morgan fingerprint density at radius 2 is 1.82 bits per heavy atom. The van der Waals surface area contributed by atoms with Crippen LogP contribution in [0.15, 0.2) is 23.3 Å². The molecule has 0 unspecified atom stereocenters. The van der Waals surface area contributed by atoms with Crippen molar-refractivity contribution in [1.82, 2.24) is 0 Å². The molecule has 0 heterocycles. The van der Waals surface area contributed by atoms with Gasteiger partial charge in [-0.2, -0.15) is 0 Å². The Kier molecular flexibility index (Phi) is 6.25. The van der Waals surface area contributed by atoms with E-state index in [-0.39, 0.29) is 16.9 Å². The van der Waals surface area contributed by atoms with Crippen molar-refractivity contribution in [3.05, 3.63) is 23.3 Å². The molecule has 3 saturated carbocycles. The highest BCUT2D eigenvalue weighted by molar-refractivity contribution is 5.85. The minimum Gasteiger partial charge on any atom is -0.478 e. The van der Waals surface area contributed by atoms with Gasteiger partial charge in [0.05, 0.1) is 6.10 Å². The monoisotopic (exact) mass is 456 g/mol. The maximum atomic E-state index is 11.1. The molecule has 0 aromatic carbocycles. The minimum absolute atomic E-state index is 0.00892. The smallest absolute Gasteiger partial charge is 0.330 e. The van der Waals surface area contributed by atoms with Gasteiger partial charge in [-0.1, -0.05) is 59.3 Å². The summed E-state index contributed by atoms with van der Waals surface area (Å²) in [5.41, 5.74) is 3.13. The Bertz CT molecular complexity index is 853. The van der Waals surface area contributed by atoms with Gasteiger partial charge in [0, 0.05) is 5.57 Å². The van der Waals surface area contributed by atoms with Gasteiger partial charge in [-0.25, -0.2) is 4.79 Å². The van der Waals surface area contributed by atoms with Crippen LogP contribution in [0.4, 0.5) is 0 Å². The highest BCUT2D eigenvalue weighted by Gasteiger charge is 2.65. The van der Waals surface area contributed by atoms with Gasteiger partial charge in [-0.3, -0.25) is 0 Å². The standard InChI is InChI=1S/C30H48O3/c1-19(9-8-10-20(2)26(32)33)21-13-17-30(7)23-11-12-24-27(3,4)25(31)15-16-28(24,5)22(23)14-18-29(21,30)6/h10-11,19,21-22,24-25,31H,8-9,12-18H2,1-7H3,(H,32,33)/b20-10+/t19-,21+,22+,24+,25+,28-,29+,30-/m1/s1. The van der Waals surface area contributed by atoms with Crippen molar-refractivity contribution in [3.8, 4) is 0 Å². The second-order valence-electron chi connectivity index (χ2n) is 13.6. The third-order valence-corrected chi connectivity index (χ3v) is 12.0. The van der Waals surface area contributed by atoms with Crippen molar-refractivity contribution in [3.63, 3.8) is 0 Å². The SMILES string of the molecule is C/C(=C\CC[C@@H](C)[C@@H]1CC[C@]2(C)C3=CC[C@H]4C(C)(C)[C@@H](O)CC[C@]4(C)[C@H]3CC[C@@]12C)C(=O)O. The molecule has 3 fully saturated rings. The number of hydrogen-bond donors (Lipinski definition) is 2. The lowest BCUT2D eigenvalue weighted by Crippen LogP contribution is -2.58. The van der Waals surface area contributed by atoms with Crippen LogP contribution in [0.2, 0.25) is 0 Å². The maximum absolute atomic E-state index is 11.1. The first-order valence-electron chi connectivity index (χ1n) is 13.6. The van der Waals surface area contributed by atoms with Gasteiger partial charge in [0.25, 0.3) is 0 Å². The van der Waals surface area contributed by atoms with Crippen molar-refractivity contribution in [2.75, 3.05) is 0 Å². The number of carbonyl (C=O) groups is 1. The number of carboxylic acid groups (broad SMARTS) is 1. The first-order valence-corrected chi connectivity index (χ1v) is 13.6. The molecule has 4 aliphatic rings. The van der Waals surface area contributed by atoms with Crippen LogP contribution in [0.3, 0.4) is 0 Å². The first kappa shape index (κ1) is 25.0.